The van der Waals surface area contributed by atoms with Gasteiger partial charge in [0.2, 0.25) is 11.7 Å². The minimum Gasteiger partial charge on any atom is -0.493 e. The van der Waals surface area contributed by atoms with Gasteiger partial charge >= 0.3 is 0 Å². The molecular weight excluding hydrogens is 318 g/mol. The van der Waals surface area contributed by atoms with Gasteiger partial charge in [0, 0.05) is 11.8 Å². The van der Waals surface area contributed by atoms with E-state index in [1.807, 2.05) is 26.0 Å². The molecule has 0 spiro atoms. The molecule has 0 atom stereocenters. The van der Waals surface area contributed by atoms with E-state index in [2.05, 4.69) is 11.4 Å². The van der Waals surface area contributed by atoms with Crippen LogP contribution in [0.25, 0.3) is 6.08 Å². The van der Waals surface area contributed by atoms with Crippen molar-refractivity contribution in [3.63, 3.8) is 0 Å². The lowest BCUT2D eigenvalue weighted by molar-refractivity contribution is -0.111. The number of ether oxygens (including phenoxy) is 3. The van der Waals surface area contributed by atoms with Crippen molar-refractivity contribution < 1.29 is 19.0 Å². The molecule has 0 heterocycles. The maximum atomic E-state index is 12.2. The van der Waals surface area contributed by atoms with E-state index in [1.54, 1.807) is 39.5 Å². The van der Waals surface area contributed by atoms with Gasteiger partial charge in [-0.15, -0.1) is 0 Å². The Balaban J connectivity index is 2.19. The number of hydrogen-bond acceptors (Lipinski definition) is 4. The molecule has 25 heavy (non-hydrogen) atoms. The van der Waals surface area contributed by atoms with Crippen LogP contribution in [0.5, 0.6) is 17.2 Å². The minimum atomic E-state index is -0.209. The quantitative estimate of drug-likeness (QED) is 0.808. The van der Waals surface area contributed by atoms with Crippen LogP contribution in [0.2, 0.25) is 0 Å². The summed E-state index contributed by atoms with van der Waals surface area (Å²) in [5.74, 6) is 1.38. The van der Waals surface area contributed by atoms with E-state index in [0.717, 1.165) is 22.4 Å². The summed E-state index contributed by atoms with van der Waals surface area (Å²) in [4.78, 5) is 12.2. The molecule has 5 nitrogen and oxygen atoms in total. The second kappa shape index (κ2) is 8.24. The molecule has 0 fully saturated rings. The minimum absolute atomic E-state index is 0.209. The van der Waals surface area contributed by atoms with Gasteiger partial charge in [-0.05, 0) is 60.9 Å². The first kappa shape index (κ1) is 18.4. The molecule has 0 aliphatic heterocycles. The summed E-state index contributed by atoms with van der Waals surface area (Å²) in [6, 6.07) is 9.47. The molecule has 2 rings (SSSR count). The highest BCUT2D eigenvalue weighted by Gasteiger charge is 2.12. The molecule has 1 amide bonds. The lowest BCUT2D eigenvalue weighted by Crippen LogP contribution is -2.08. The fraction of sp³-hybridized carbons (Fsp3) is 0.250. The SMILES string of the molecule is COc1cc(C=CC(=O)Nc2cc(C)cc(C)c2)cc(OC)c1OC. The Hall–Kier alpha value is -2.95. The summed E-state index contributed by atoms with van der Waals surface area (Å²) < 4.78 is 15.9. The normalized spacial score (nSPS) is 10.6. The number of rotatable bonds is 6. The van der Waals surface area contributed by atoms with Gasteiger partial charge in [-0.2, -0.15) is 0 Å². The standard InChI is InChI=1S/C20H23NO4/c1-13-8-14(2)10-16(9-13)21-19(22)7-6-15-11-17(23-3)20(25-5)18(12-15)24-4/h6-12H,1-5H3,(H,21,22). The number of amides is 1. The van der Waals surface area contributed by atoms with Gasteiger partial charge in [-0.25, -0.2) is 0 Å². The van der Waals surface area contributed by atoms with Crippen molar-refractivity contribution in [2.45, 2.75) is 13.8 Å². The number of anilines is 1. The fourth-order valence-corrected chi connectivity index (χ4v) is 2.60. The summed E-state index contributed by atoms with van der Waals surface area (Å²) in [6.45, 7) is 3.99. The van der Waals surface area contributed by atoms with E-state index >= 15 is 0 Å². The van der Waals surface area contributed by atoms with Gasteiger partial charge in [0.05, 0.1) is 21.3 Å². The van der Waals surface area contributed by atoms with Crippen LogP contribution in [0.4, 0.5) is 5.69 Å². The first-order valence-corrected chi connectivity index (χ1v) is 7.84. The van der Waals surface area contributed by atoms with Crippen molar-refractivity contribution in [3.8, 4) is 17.2 Å². The van der Waals surface area contributed by atoms with Crippen molar-refractivity contribution >= 4 is 17.7 Å². The first-order valence-electron chi connectivity index (χ1n) is 7.84. The van der Waals surface area contributed by atoms with E-state index in [-0.39, 0.29) is 5.91 Å². The summed E-state index contributed by atoms with van der Waals surface area (Å²) in [6.07, 6.45) is 3.17. The molecule has 0 radical (unpaired) electrons. The van der Waals surface area contributed by atoms with Crippen molar-refractivity contribution in [1.82, 2.24) is 0 Å². The third-order valence-corrected chi connectivity index (χ3v) is 3.60. The third-order valence-electron chi connectivity index (χ3n) is 3.60. The number of carbonyl (C=O) groups excluding carboxylic acids is 1. The number of methoxy groups -OCH3 is 3. The number of hydrogen-bond donors (Lipinski definition) is 1. The molecule has 0 unspecified atom stereocenters. The van der Waals surface area contributed by atoms with E-state index < -0.39 is 0 Å². The summed E-state index contributed by atoms with van der Waals surface area (Å²) in [5.41, 5.74) is 3.75. The monoisotopic (exact) mass is 341 g/mol. The molecule has 0 aliphatic carbocycles. The van der Waals surface area contributed by atoms with E-state index in [0.29, 0.717) is 17.2 Å². The maximum absolute atomic E-state index is 12.2. The van der Waals surface area contributed by atoms with Crippen molar-refractivity contribution in [3.05, 3.63) is 53.1 Å². The van der Waals surface area contributed by atoms with Crippen LogP contribution in [0.3, 0.4) is 0 Å². The molecule has 2 aromatic carbocycles. The highest BCUT2D eigenvalue weighted by molar-refractivity contribution is 6.02. The summed E-state index contributed by atoms with van der Waals surface area (Å²) >= 11 is 0. The van der Waals surface area contributed by atoms with Crippen molar-refractivity contribution in [2.24, 2.45) is 0 Å². The summed E-state index contributed by atoms with van der Waals surface area (Å²) in [7, 11) is 4.66. The molecular formula is C20H23NO4. The molecule has 0 bridgehead atoms. The molecule has 0 saturated carbocycles. The highest BCUT2D eigenvalue weighted by Crippen LogP contribution is 2.38. The fourth-order valence-electron chi connectivity index (χ4n) is 2.60. The number of carbonyl (C=O) groups is 1. The smallest absolute Gasteiger partial charge is 0.248 e. The predicted octanol–water partition coefficient (Wildman–Crippen LogP) is 3.98. The van der Waals surface area contributed by atoms with E-state index in [9.17, 15) is 4.79 Å². The van der Waals surface area contributed by atoms with Crippen LogP contribution in [-0.2, 0) is 4.79 Å². The Kier molecular flexibility index (Phi) is 6.06. The Morgan fingerprint density at radius 3 is 1.92 bits per heavy atom. The second-order valence-electron chi connectivity index (χ2n) is 5.66. The van der Waals surface area contributed by atoms with E-state index in [4.69, 9.17) is 14.2 Å². The maximum Gasteiger partial charge on any atom is 0.248 e. The Labute approximate surface area is 148 Å². The van der Waals surface area contributed by atoms with Crippen LogP contribution < -0.4 is 19.5 Å². The molecule has 0 aromatic heterocycles. The molecule has 0 aliphatic rings. The van der Waals surface area contributed by atoms with Gasteiger partial charge in [0.1, 0.15) is 0 Å². The predicted molar refractivity (Wildman–Crippen MR) is 99.7 cm³/mol. The van der Waals surface area contributed by atoms with Crippen LogP contribution in [-0.4, -0.2) is 27.2 Å². The lowest BCUT2D eigenvalue weighted by atomic mass is 10.1. The number of nitrogens with one attached hydrogen (secondary N) is 1. The van der Waals surface area contributed by atoms with Crippen LogP contribution in [0.1, 0.15) is 16.7 Å². The molecule has 1 N–H and O–H groups in total. The van der Waals surface area contributed by atoms with Crippen molar-refractivity contribution in [2.75, 3.05) is 26.6 Å². The zero-order chi connectivity index (χ0) is 18.4. The zero-order valence-electron chi connectivity index (χ0n) is 15.2. The number of aryl methyl sites for hydroxylation is 2. The molecule has 2 aromatic rings. The molecule has 0 saturated heterocycles. The zero-order valence-corrected chi connectivity index (χ0v) is 15.2. The lowest BCUT2D eigenvalue weighted by Gasteiger charge is -2.12. The van der Waals surface area contributed by atoms with Gasteiger partial charge in [0.15, 0.2) is 11.5 Å². The van der Waals surface area contributed by atoms with Gasteiger partial charge in [-0.3, -0.25) is 4.79 Å². The Morgan fingerprint density at radius 1 is 0.880 bits per heavy atom. The second-order valence-corrected chi connectivity index (χ2v) is 5.66. The number of benzene rings is 2. The van der Waals surface area contributed by atoms with E-state index in [1.165, 1.54) is 6.08 Å². The van der Waals surface area contributed by atoms with Crippen LogP contribution in [0, 0.1) is 13.8 Å². The molecule has 5 heteroatoms. The largest absolute Gasteiger partial charge is 0.493 e. The first-order chi connectivity index (χ1) is 12.0. The topological polar surface area (TPSA) is 56.8 Å². The van der Waals surface area contributed by atoms with Crippen LogP contribution in [0.15, 0.2) is 36.4 Å². The third kappa shape index (κ3) is 4.76. The average Bonchev–Trinajstić information content (AvgIpc) is 2.57. The van der Waals surface area contributed by atoms with Gasteiger partial charge in [-0.1, -0.05) is 6.07 Å². The Morgan fingerprint density at radius 2 is 1.44 bits per heavy atom. The van der Waals surface area contributed by atoms with Gasteiger partial charge < -0.3 is 19.5 Å². The average molecular weight is 341 g/mol. The van der Waals surface area contributed by atoms with Crippen LogP contribution >= 0.6 is 0 Å². The highest BCUT2D eigenvalue weighted by atomic mass is 16.5. The van der Waals surface area contributed by atoms with Crippen molar-refractivity contribution in [1.29, 1.82) is 0 Å². The molecule has 132 valence electrons. The summed E-state index contributed by atoms with van der Waals surface area (Å²) in [5, 5.41) is 2.86. The Bertz CT molecular complexity index is 751. The van der Waals surface area contributed by atoms with Gasteiger partial charge in [0.25, 0.3) is 0 Å².